The molecular weight excluding hydrogens is 228 g/mol. The van der Waals surface area contributed by atoms with E-state index in [4.69, 9.17) is 9.47 Å². The fourth-order valence-electron chi connectivity index (χ4n) is 2.79. The first-order chi connectivity index (χ1) is 8.52. The van der Waals surface area contributed by atoms with Crippen LogP contribution in [0.4, 0.5) is 0 Å². The predicted octanol–water partition coefficient (Wildman–Crippen LogP) is 2.77. The summed E-state index contributed by atoms with van der Waals surface area (Å²) in [7, 11) is 1.65. The van der Waals surface area contributed by atoms with Gasteiger partial charge in [0.1, 0.15) is 5.75 Å². The number of hydrogen-bond acceptors (Lipinski definition) is 3. The van der Waals surface area contributed by atoms with Gasteiger partial charge in [0.25, 0.3) is 0 Å². The molecule has 0 radical (unpaired) electrons. The van der Waals surface area contributed by atoms with Crippen LogP contribution in [0.1, 0.15) is 36.1 Å². The van der Waals surface area contributed by atoms with Crippen molar-refractivity contribution in [3.63, 3.8) is 0 Å². The maximum atomic E-state index is 10.6. The van der Waals surface area contributed by atoms with Crippen LogP contribution in [0.3, 0.4) is 0 Å². The molecule has 1 aromatic carbocycles. The predicted molar refractivity (Wildman–Crippen MR) is 70.9 cm³/mol. The highest BCUT2D eigenvalue weighted by atomic mass is 16.5. The van der Waals surface area contributed by atoms with E-state index in [1.54, 1.807) is 7.11 Å². The summed E-state index contributed by atoms with van der Waals surface area (Å²) in [6.45, 7) is 6.73. The van der Waals surface area contributed by atoms with Crippen molar-refractivity contribution in [1.29, 1.82) is 0 Å². The number of aliphatic hydroxyl groups excluding tert-OH is 1. The Morgan fingerprint density at radius 2 is 2.11 bits per heavy atom. The molecule has 1 aromatic rings. The Labute approximate surface area is 109 Å². The van der Waals surface area contributed by atoms with Gasteiger partial charge in [-0.3, -0.25) is 0 Å². The van der Waals surface area contributed by atoms with E-state index in [0.29, 0.717) is 6.61 Å². The lowest BCUT2D eigenvalue weighted by molar-refractivity contribution is 0.0786. The van der Waals surface area contributed by atoms with Gasteiger partial charge < -0.3 is 14.6 Å². The Bertz CT molecular complexity index is 428. The summed E-state index contributed by atoms with van der Waals surface area (Å²) in [6, 6.07) is 4.06. The molecule has 0 aromatic heterocycles. The van der Waals surface area contributed by atoms with E-state index in [1.165, 1.54) is 0 Å². The molecule has 3 nitrogen and oxygen atoms in total. The van der Waals surface area contributed by atoms with E-state index in [1.807, 2.05) is 26.8 Å². The number of benzene rings is 1. The minimum absolute atomic E-state index is 0.162. The first-order valence-corrected chi connectivity index (χ1v) is 6.47. The fraction of sp³-hybridized carbons (Fsp3) is 0.600. The molecule has 0 spiro atoms. The first kappa shape index (κ1) is 13.4. The van der Waals surface area contributed by atoms with Crippen molar-refractivity contribution < 1.29 is 14.6 Å². The lowest BCUT2D eigenvalue weighted by atomic mass is 9.89. The van der Waals surface area contributed by atoms with Crippen LogP contribution in [0.5, 0.6) is 5.75 Å². The van der Waals surface area contributed by atoms with Gasteiger partial charge in [-0.15, -0.1) is 0 Å². The largest absolute Gasteiger partial charge is 0.496 e. The van der Waals surface area contributed by atoms with Crippen LogP contribution in [-0.2, 0) is 4.74 Å². The third-order valence-corrected chi connectivity index (χ3v) is 3.68. The smallest absolute Gasteiger partial charge is 0.125 e. The topological polar surface area (TPSA) is 38.7 Å². The van der Waals surface area contributed by atoms with Crippen LogP contribution in [0.2, 0.25) is 0 Å². The van der Waals surface area contributed by atoms with E-state index in [-0.39, 0.29) is 12.0 Å². The van der Waals surface area contributed by atoms with Crippen LogP contribution in [0.15, 0.2) is 12.1 Å². The van der Waals surface area contributed by atoms with E-state index in [2.05, 4.69) is 6.07 Å². The molecule has 3 unspecified atom stereocenters. The average molecular weight is 250 g/mol. The van der Waals surface area contributed by atoms with E-state index >= 15 is 0 Å². The van der Waals surface area contributed by atoms with E-state index < -0.39 is 6.10 Å². The summed E-state index contributed by atoms with van der Waals surface area (Å²) in [4.78, 5) is 0. The summed E-state index contributed by atoms with van der Waals surface area (Å²) < 4.78 is 11.0. The lowest BCUT2D eigenvalue weighted by Crippen LogP contribution is -2.15. The van der Waals surface area contributed by atoms with Crippen molar-refractivity contribution in [3.05, 3.63) is 28.8 Å². The highest BCUT2D eigenvalue weighted by Crippen LogP contribution is 2.38. The van der Waals surface area contributed by atoms with Crippen molar-refractivity contribution in [1.82, 2.24) is 0 Å². The molecule has 1 aliphatic heterocycles. The second-order valence-corrected chi connectivity index (χ2v) is 5.28. The fourth-order valence-corrected chi connectivity index (χ4v) is 2.79. The molecule has 2 rings (SSSR count). The molecule has 1 aliphatic rings. The maximum Gasteiger partial charge on any atom is 0.125 e. The standard InChI is InChI=1S/C15H22O3/c1-9-5-10(2)14(13(6-9)17-4)15(16)12-7-11(3)18-8-12/h5-6,11-12,15-16H,7-8H2,1-4H3. The van der Waals surface area contributed by atoms with Gasteiger partial charge in [-0.25, -0.2) is 0 Å². The van der Waals surface area contributed by atoms with Crippen LogP contribution < -0.4 is 4.74 Å². The molecule has 0 amide bonds. The summed E-state index contributed by atoms with van der Waals surface area (Å²) >= 11 is 0. The molecular formula is C15H22O3. The zero-order valence-electron chi connectivity index (χ0n) is 11.6. The van der Waals surface area contributed by atoms with Gasteiger partial charge in [0.15, 0.2) is 0 Å². The van der Waals surface area contributed by atoms with E-state index in [9.17, 15) is 5.11 Å². The molecule has 0 bridgehead atoms. The molecule has 3 atom stereocenters. The van der Waals surface area contributed by atoms with Crippen molar-refractivity contribution in [3.8, 4) is 5.75 Å². The van der Waals surface area contributed by atoms with Gasteiger partial charge in [0.05, 0.1) is 25.9 Å². The molecule has 1 heterocycles. The molecule has 3 heteroatoms. The van der Waals surface area contributed by atoms with E-state index in [0.717, 1.165) is 28.9 Å². The van der Waals surface area contributed by atoms with Crippen LogP contribution in [0, 0.1) is 19.8 Å². The third-order valence-electron chi connectivity index (χ3n) is 3.68. The Hall–Kier alpha value is -1.06. The quantitative estimate of drug-likeness (QED) is 0.896. The van der Waals surface area contributed by atoms with Gasteiger partial charge >= 0.3 is 0 Å². The second-order valence-electron chi connectivity index (χ2n) is 5.28. The summed E-state index contributed by atoms with van der Waals surface area (Å²) in [5.41, 5.74) is 3.14. The van der Waals surface area contributed by atoms with Crippen LogP contribution in [-0.4, -0.2) is 24.9 Å². The normalized spacial score (nSPS) is 25.2. The van der Waals surface area contributed by atoms with Gasteiger partial charge in [-0.05, 0) is 44.4 Å². The van der Waals surface area contributed by atoms with Crippen molar-refractivity contribution in [2.75, 3.05) is 13.7 Å². The van der Waals surface area contributed by atoms with Crippen molar-refractivity contribution >= 4 is 0 Å². The molecule has 0 aliphatic carbocycles. The highest BCUT2D eigenvalue weighted by Gasteiger charge is 2.31. The minimum atomic E-state index is -0.509. The monoisotopic (exact) mass is 250 g/mol. The van der Waals surface area contributed by atoms with Crippen LogP contribution >= 0.6 is 0 Å². The SMILES string of the molecule is COc1cc(C)cc(C)c1C(O)C1COC(C)C1. The Morgan fingerprint density at radius 3 is 2.67 bits per heavy atom. The minimum Gasteiger partial charge on any atom is -0.496 e. The zero-order chi connectivity index (χ0) is 13.3. The number of rotatable bonds is 3. The molecule has 1 fully saturated rings. The van der Waals surface area contributed by atoms with Gasteiger partial charge in [-0.1, -0.05) is 6.07 Å². The molecule has 18 heavy (non-hydrogen) atoms. The molecule has 0 saturated carbocycles. The lowest BCUT2D eigenvalue weighted by Gasteiger charge is -2.22. The van der Waals surface area contributed by atoms with Crippen molar-refractivity contribution in [2.24, 2.45) is 5.92 Å². The second kappa shape index (κ2) is 5.29. The number of ether oxygens (including phenoxy) is 2. The summed E-state index contributed by atoms with van der Waals surface area (Å²) in [5.74, 6) is 0.940. The number of aryl methyl sites for hydroxylation is 2. The van der Waals surface area contributed by atoms with Gasteiger partial charge in [0, 0.05) is 11.5 Å². The average Bonchev–Trinajstić information content (AvgIpc) is 2.74. The first-order valence-electron chi connectivity index (χ1n) is 6.47. The maximum absolute atomic E-state index is 10.6. The Morgan fingerprint density at radius 1 is 1.39 bits per heavy atom. The number of aliphatic hydroxyl groups is 1. The summed E-state index contributed by atoms with van der Waals surface area (Å²) in [6.07, 6.45) is 0.629. The highest BCUT2D eigenvalue weighted by molar-refractivity contribution is 5.44. The van der Waals surface area contributed by atoms with Crippen molar-refractivity contribution in [2.45, 2.75) is 39.4 Å². The Kier molecular flexibility index (Phi) is 3.93. The van der Waals surface area contributed by atoms with Crippen LogP contribution in [0.25, 0.3) is 0 Å². The molecule has 100 valence electrons. The van der Waals surface area contributed by atoms with Gasteiger partial charge in [0.2, 0.25) is 0 Å². The van der Waals surface area contributed by atoms with Gasteiger partial charge in [-0.2, -0.15) is 0 Å². The Balaban J connectivity index is 2.32. The molecule has 1 saturated heterocycles. The molecule has 1 N–H and O–H groups in total. The number of hydrogen-bond donors (Lipinski definition) is 1. The summed E-state index contributed by atoms with van der Waals surface area (Å²) in [5, 5.41) is 10.6. The number of methoxy groups -OCH3 is 1. The third kappa shape index (κ3) is 2.52. The zero-order valence-corrected chi connectivity index (χ0v) is 11.6.